The molecule has 1 N–H and O–H groups in total. The Morgan fingerprint density at radius 2 is 2.24 bits per heavy atom. The van der Waals surface area contributed by atoms with Crippen molar-refractivity contribution in [1.82, 2.24) is 0 Å². The number of aliphatic hydroxyl groups excluding tert-OH is 1. The molecular formula is C13H16FNO2. The zero-order valence-corrected chi connectivity index (χ0v) is 9.66. The van der Waals surface area contributed by atoms with E-state index in [2.05, 4.69) is 0 Å². The monoisotopic (exact) mass is 237 g/mol. The number of hydrogen-bond donors (Lipinski definition) is 1. The Balaban J connectivity index is 1.84. The number of halogens is 1. The van der Waals surface area contributed by atoms with Crippen LogP contribution in [0.3, 0.4) is 0 Å². The normalized spacial score (nSPS) is 21.2. The summed E-state index contributed by atoms with van der Waals surface area (Å²) in [7, 11) is 0. The van der Waals surface area contributed by atoms with Crippen LogP contribution in [-0.2, 0) is 11.2 Å². The van der Waals surface area contributed by atoms with Gasteiger partial charge in [0.05, 0.1) is 30.9 Å². The highest BCUT2D eigenvalue weighted by Gasteiger charge is 2.41. The summed E-state index contributed by atoms with van der Waals surface area (Å²) in [6, 6.07) is 5.23. The zero-order chi connectivity index (χ0) is 11.9. The predicted molar refractivity (Wildman–Crippen MR) is 62.7 cm³/mol. The van der Waals surface area contributed by atoms with Gasteiger partial charge in [0.25, 0.3) is 0 Å². The fourth-order valence-electron chi connectivity index (χ4n) is 2.67. The number of aliphatic hydroxyl groups is 1. The predicted octanol–water partition coefficient (Wildman–Crippen LogP) is 1.20. The van der Waals surface area contributed by atoms with E-state index in [0.717, 1.165) is 18.5 Å². The van der Waals surface area contributed by atoms with Gasteiger partial charge in [-0.15, -0.1) is 0 Å². The molecule has 1 saturated heterocycles. The molecule has 2 aliphatic rings. The van der Waals surface area contributed by atoms with Crippen LogP contribution in [0.1, 0.15) is 5.56 Å². The van der Waals surface area contributed by atoms with Gasteiger partial charge in [-0.3, -0.25) is 0 Å². The van der Waals surface area contributed by atoms with Crippen LogP contribution >= 0.6 is 0 Å². The highest BCUT2D eigenvalue weighted by molar-refractivity contribution is 5.59. The molecule has 2 aliphatic heterocycles. The van der Waals surface area contributed by atoms with Gasteiger partial charge < -0.3 is 14.7 Å². The molecule has 0 saturated carbocycles. The second-order valence-corrected chi connectivity index (χ2v) is 5.07. The van der Waals surface area contributed by atoms with Gasteiger partial charge in [-0.1, -0.05) is 12.1 Å². The lowest BCUT2D eigenvalue weighted by Gasteiger charge is -2.43. The molecule has 1 fully saturated rings. The maximum Gasteiger partial charge on any atom is 0.146 e. The van der Waals surface area contributed by atoms with Gasteiger partial charge in [0.15, 0.2) is 0 Å². The summed E-state index contributed by atoms with van der Waals surface area (Å²) < 4.78 is 19.0. The minimum absolute atomic E-state index is 0.104. The van der Waals surface area contributed by atoms with Crippen LogP contribution in [0.5, 0.6) is 0 Å². The van der Waals surface area contributed by atoms with Crippen molar-refractivity contribution < 1.29 is 14.2 Å². The number of hydrogen-bond acceptors (Lipinski definition) is 3. The first-order chi connectivity index (χ1) is 8.24. The van der Waals surface area contributed by atoms with E-state index in [1.165, 1.54) is 6.07 Å². The summed E-state index contributed by atoms with van der Waals surface area (Å²) in [5.41, 5.74) is 1.59. The van der Waals surface area contributed by atoms with Crippen LogP contribution in [0.25, 0.3) is 0 Å². The van der Waals surface area contributed by atoms with E-state index in [4.69, 9.17) is 4.74 Å². The quantitative estimate of drug-likeness (QED) is 0.857. The van der Waals surface area contributed by atoms with E-state index in [-0.39, 0.29) is 17.8 Å². The molecule has 4 heteroatoms. The number of fused-ring (bicyclic) bond motifs is 1. The fourth-order valence-corrected chi connectivity index (χ4v) is 2.67. The van der Waals surface area contributed by atoms with Gasteiger partial charge in [0.2, 0.25) is 0 Å². The van der Waals surface area contributed by atoms with Crippen molar-refractivity contribution >= 4 is 5.69 Å². The first kappa shape index (κ1) is 11.0. The summed E-state index contributed by atoms with van der Waals surface area (Å²) >= 11 is 0. The molecule has 0 aliphatic carbocycles. The first-order valence-corrected chi connectivity index (χ1v) is 5.95. The summed E-state index contributed by atoms with van der Waals surface area (Å²) in [5.74, 6) is -0.159. The Hall–Kier alpha value is -1.13. The fraction of sp³-hybridized carbons (Fsp3) is 0.538. The number of rotatable bonds is 3. The van der Waals surface area contributed by atoms with Crippen LogP contribution in [0.15, 0.2) is 18.2 Å². The summed E-state index contributed by atoms with van der Waals surface area (Å²) in [6.45, 7) is 2.76. The molecule has 0 atom stereocenters. The lowest BCUT2D eigenvalue weighted by molar-refractivity contribution is -0.130. The van der Waals surface area contributed by atoms with Crippen molar-refractivity contribution in [3.8, 4) is 0 Å². The standard InChI is InChI=1S/C13H16FNO2/c14-11-3-1-2-10-4-5-15(12(10)11)6-13(7-16)8-17-9-13/h1-3,16H,4-9H2. The molecule has 3 nitrogen and oxygen atoms in total. The van der Waals surface area contributed by atoms with Gasteiger partial charge >= 0.3 is 0 Å². The average molecular weight is 237 g/mol. The average Bonchev–Trinajstić information content (AvgIpc) is 2.68. The Morgan fingerprint density at radius 3 is 2.88 bits per heavy atom. The molecule has 17 heavy (non-hydrogen) atoms. The second kappa shape index (κ2) is 3.96. The highest BCUT2D eigenvalue weighted by atomic mass is 19.1. The van der Waals surface area contributed by atoms with Crippen molar-refractivity contribution in [1.29, 1.82) is 0 Å². The Bertz CT molecular complexity index is 426. The molecule has 0 spiro atoms. The van der Waals surface area contributed by atoms with E-state index in [0.29, 0.717) is 25.4 Å². The molecule has 0 unspecified atom stereocenters. The molecule has 0 radical (unpaired) electrons. The third-order valence-electron chi connectivity index (χ3n) is 3.72. The SMILES string of the molecule is OCC1(CN2CCc3cccc(F)c32)COC1. The van der Waals surface area contributed by atoms with Crippen molar-refractivity contribution in [2.75, 3.05) is 37.8 Å². The van der Waals surface area contributed by atoms with Crippen LogP contribution in [0.2, 0.25) is 0 Å². The molecule has 0 aromatic heterocycles. The third kappa shape index (κ3) is 1.72. The molecule has 0 amide bonds. The lowest BCUT2D eigenvalue weighted by Crippen LogP contribution is -2.53. The summed E-state index contributed by atoms with van der Waals surface area (Å²) in [4.78, 5) is 2.05. The number of benzene rings is 1. The van der Waals surface area contributed by atoms with Gasteiger partial charge in [0.1, 0.15) is 5.82 Å². The van der Waals surface area contributed by atoms with Crippen molar-refractivity contribution in [2.45, 2.75) is 6.42 Å². The summed E-state index contributed by atoms with van der Waals surface area (Å²) in [5, 5.41) is 9.41. The summed E-state index contributed by atoms with van der Waals surface area (Å²) in [6.07, 6.45) is 0.884. The molecule has 0 bridgehead atoms. The van der Waals surface area contributed by atoms with Crippen molar-refractivity contribution in [3.63, 3.8) is 0 Å². The zero-order valence-electron chi connectivity index (χ0n) is 9.66. The molecule has 1 aromatic carbocycles. The van der Waals surface area contributed by atoms with Crippen LogP contribution in [0, 0.1) is 11.2 Å². The lowest BCUT2D eigenvalue weighted by atomic mass is 9.86. The molecule has 3 rings (SSSR count). The molecule has 2 heterocycles. The van der Waals surface area contributed by atoms with Crippen LogP contribution < -0.4 is 4.90 Å². The molecule has 92 valence electrons. The number of anilines is 1. The van der Waals surface area contributed by atoms with E-state index < -0.39 is 0 Å². The highest BCUT2D eigenvalue weighted by Crippen LogP contribution is 2.35. The van der Waals surface area contributed by atoms with E-state index in [1.807, 2.05) is 11.0 Å². The topological polar surface area (TPSA) is 32.7 Å². The minimum atomic E-state index is -0.191. The van der Waals surface area contributed by atoms with Gasteiger partial charge in [-0.05, 0) is 18.1 Å². The molecular weight excluding hydrogens is 221 g/mol. The third-order valence-corrected chi connectivity index (χ3v) is 3.72. The molecule has 1 aromatic rings. The van der Waals surface area contributed by atoms with E-state index in [9.17, 15) is 9.50 Å². The maximum absolute atomic E-state index is 13.8. The Kier molecular flexibility index (Phi) is 2.56. The smallest absolute Gasteiger partial charge is 0.146 e. The van der Waals surface area contributed by atoms with Crippen LogP contribution in [0.4, 0.5) is 10.1 Å². The minimum Gasteiger partial charge on any atom is -0.396 e. The second-order valence-electron chi connectivity index (χ2n) is 5.07. The van der Waals surface area contributed by atoms with Crippen LogP contribution in [-0.4, -0.2) is 38.0 Å². The van der Waals surface area contributed by atoms with E-state index in [1.54, 1.807) is 6.07 Å². The van der Waals surface area contributed by atoms with Crippen molar-refractivity contribution in [2.24, 2.45) is 5.41 Å². The van der Waals surface area contributed by atoms with Gasteiger partial charge in [-0.25, -0.2) is 4.39 Å². The number of nitrogens with zero attached hydrogens (tertiary/aromatic N) is 1. The maximum atomic E-state index is 13.8. The Labute approximate surface area is 99.8 Å². The van der Waals surface area contributed by atoms with Gasteiger partial charge in [0, 0.05) is 13.1 Å². The Morgan fingerprint density at radius 1 is 1.41 bits per heavy atom. The van der Waals surface area contributed by atoms with Gasteiger partial charge in [-0.2, -0.15) is 0 Å². The van der Waals surface area contributed by atoms with Crippen molar-refractivity contribution in [3.05, 3.63) is 29.6 Å². The number of ether oxygens (including phenoxy) is 1. The number of para-hydroxylation sites is 1. The largest absolute Gasteiger partial charge is 0.396 e. The first-order valence-electron chi connectivity index (χ1n) is 5.95. The van der Waals surface area contributed by atoms with E-state index >= 15 is 0 Å².